The number of rotatable bonds is 10. The molecule has 3 aromatic rings. The molecule has 0 saturated heterocycles. The van der Waals surface area contributed by atoms with Gasteiger partial charge in [0.1, 0.15) is 17.1 Å². The van der Waals surface area contributed by atoms with Crippen LogP contribution >= 0.6 is 7.60 Å². The van der Waals surface area contributed by atoms with Crippen LogP contribution in [0.3, 0.4) is 0 Å². The fraction of sp³-hybridized carbons (Fsp3) is 0.469. The van der Waals surface area contributed by atoms with Crippen LogP contribution in [-0.4, -0.2) is 55.9 Å². The van der Waals surface area contributed by atoms with Gasteiger partial charge in [-0.3, -0.25) is 9.36 Å². The first-order valence-electron chi connectivity index (χ1n) is 15.4. The van der Waals surface area contributed by atoms with Gasteiger partial charge in [-0.1, -0.05) is 26.0 Å². The van der Waals surface area contributed by atoms with E-state index >= 15 is 0 Å². The number of alkyl halides is 3. The van der Waals surface area contributed by atoms with Crippen molar-refractivity contribution in [1.29, 1.82) is 0 Å². The maximum atomic E-state index is 14.2. The Hall–Kier alpha value is -3.71. The number of fused-ring (bicyclic) bond motifs is 1. The minimum Gasteiger partial charge on any atom is -0.495 e. The number of benzene rings is 2. The summed E-state index contributed by atoms with van der Waals surface area (Å²) in [6, 6.07) is 7.95. The number of aliphatic hydroxyl groups excluding tert-OH is 1. The monoisotopic (exact) mass is 677 g/mol. The van der Waals surface area contributed by atoms with Crippen molar-refractivity contribution in [2.24, 2.45) is 0 Å². The van der Waals surface area contributed by atoms with E-state index in [0.29, 0.717) is 31.1 Å². The molecule has 0 bridgehead atoms. The lowest BCUT2D eigenvalue weighted by Gasteiger charge is -2.33. The second-order valence-corrected chi connectivity index (χ2v) is 14.1. The molecule has 47 heavy (non-hydrogen) atoms. The molecule has 0 spiro atoms. The highest BCUT2D eigenvalue weighted by Crippen LogP contribution is 2.61. The van der Waals surface area contributed by atoms with Crippen LogP contribution in [0.25, 0.3) is 0 Å². The van der Waals surface area contributed by atoms with Gasteiger partial charge in [-0.25, -0.2) is 4.98 Å². The van der Waals surface area contributed by atoms with Gasteiger partial charge in [0.2, 0.25) is 5.95 Å². The van der Waals surface area contributed by atoms with Crippen LogP contribution in [-0.2, 0) is 22.4 Å². The zero-order chi connectivity index (χ0) is 34.3. The van der Waals surface area contributed by atoms with Crippen molar-refractivity contribution >= 4 is 36.6 Å². The average Bonchev–Trinajstić information content (AvgIpc) is 3.32. The number of anilines is 4. The highest BCUT2D eigenvalue weighted by molar-refractivity contribution is 7.53. The lowest BCUT2D eigenvalue weighted by molar-refractivity contribution is -0.137. The van der Waals surface area contributed by atoms with Crippen molar-refractivity contribution in [2.45, 2.75) is 82.3 Å². The molecule has 2 aliphatic rings. The molecule has 1 aliphatic carbocycles. The Balaban J connectivity index is 1.52. The predicted octanol–water partition coefficient (Wildman–Crippen LogP) is 6.79. The molecule has 11 nitrogen and oxygen atoms in total. The van der Waals surface area contributed by atoms with Crippen molar-refractivity contribution in [1.82, 2.24) is 14.9 Å². The molecule has 5 N–H and O–H groups in total. The van der Waals surface area contributed by atoms with Crippen LogP contribution in [0, 0.1) is 0 Å². The quantitative estimate of drug-likeness (QED) is 0.145. The minimum atomic E-state index is -4.82. The molecule has 0 unspecified atom stereocenters. The fourth-order valence-electron chi connectivity index (χ4n) is 6.77. The van der Waals surface area contributed by atoms with Crippen LogP contribution in [0.5, 0.6) is 5.75 Å². The summed E-state index contributed by atoms with van der Waals surface area (Å²) in [5, 5.41) is 14.2. The third-order valence-corrected chi connectivity index (χ3v) is 11.5. The van der Waals surface area contributed by atoms with Crippen molar-refractivity contribution in [2.75, 3.05) is 24.8 Å². The highest BCUT2D eigenvalue weighted by atomic mass is 31.2. The van der Waals surface area contributed by atoms with Gasteiger partial charge in [0, 0.05) is 19.8 Å². The molecular formula is C32H39F3N5O6P. The number of ether oxygens (including phenoxy) is 1. The molecule has 15 heteroatoms. The summed E-state index contributed by atoms with van der Waals surface area (Å²) in [6.45, 7) is 3.68. The molecule has 2 aromatic carbocycles. The lowest BCUT2D eigenvalue weighted by atomic mass is 9.80. The van der Waals surface area contributed by atoms with Crippen LogP contribution in [0.15, 0.2) is 36.5 Å². The third kappa shape index (κ3) is 6.56. The molecule has 0 atom stereocenters. The SMILES string of the molecule is CCC(CC)(c1ccc(Nc2ncc(C(F)(F)F)c(Nc3ccc([C@H]4CC[C@H](O)CC4)c4c3C(=O)N(C)C4)n2)c(OC)c1)P(=O)(O)O. The molecule has 254 valence electrons. The Bertz CT molecular complexity index is 1700. The van der Waals surface area contributed by atoms with E-state index in [1.54, 1.807) is 27.0 Å². The standard InChI is InChI=1S/C32H39F3N5O6P/c1-5-31(6-2,47(43,44)45)19-9-13-24(26(15-19)46-4)38-30-36-16-23(32(33,34)35)28(39-30)37-25-14-12-21(18-7-10-20(41)11-8-18)22-17-40(3)29(42)27(22)25/h9,12-16,18,20,41H,5-8,10-11,17H2,1-4H3,(H2,43,44,45)(H2,36,37,38,39)/t18-,20-. The van der Waals surface area contributed by atoms with E-state index in [1.807, 2.05) is 6.07 Å². The Morgan fingerprint density at radius 2 is 1.70 bits per heavy atom. The van der Waals surface area contributed by atoms with E-state index < -0.39 is 30.3 Å². The van der Waals surface area contributed by atoms with Gasteiger partial charge in [0.15, 0.2) is 0 Å². The van der Waals surface area contributed by atoms with Gasteiger partial charge >= 0.3 is 13.8 Å². The molecular weight excluding hydrogens is 638 g/mol. The molecule has 1 amide bonds. The van der Waals surface area contributed by atoms with E-state index in [2.05, 4.69) is 20.6 Å². The zero-order valence-corrected chi connectivity index (χ0v) is 27.5. The molecule has 0 radical (unpaired) electrons. The Morgan fingerprint density at radius 3 is 2.30 bits per heavy atom. The Labute approximate surface area is 270 Å². The van der Waals surface area contributed by atoms with Crippen molar-refractivity contribution in [3.8, 4) is 5.75 Å². The average molecular weight is 678 g/mol. The molecule has 2 heterocycles. The number of nitrogens with zero attached hydrogens (tertiary/aromatic N) is 3. The first-order chi connectivity index (χ1) is 22.1. The van der Waals surface area contributed by atoms with Crippen LogP contribution in [0.1, 0.15) is 90.9 Å². The van der Waals surface area contributed by atoms with Crippen LogP contribution in [0.2, 0.25) is 0 Å². The number of nitrogens with one attached hydrogen (secondary N) is 2. The number of carbonyl (C=O) groups is 1. The van der Waals surface area contributed by atoms with Crippen molar-refractivity contribution in [3.05, 3.63) is 64.3 Å². The van der Waals surface area contributed by atoms with E-state index in [9.17, 15) is 37.4 Å². The number of methoxy groups -OCH3 is 1. The summed E-state index contributed by atoms with van der Waals surface area (Å²) < 4.78 is 60.5. The number of aromatic nitrogens is 2. The molecule has 1 saturated carbocycles. The number of halogens is 3. The number of carbonyl (C=O) groups excluding carboxylic acids is 1. The van der Waals surface area contributed by atoms with E-state index in [0.717, 1.165) is 24.0 Å². The van der Waals surface area contributed by atoms with Gasteiger partial charge < -0.3 is 35.2 Å². The fourth-order valence-corrected chi connectivity index (χ4v) is 8.07. The highest BCUT2D eigenvalue weighted by Gasteiger charge is 2.45. The molecule has 1 aromatic heterocycles. The van der Waals surface area contributed by atoms with E-state index in [-0.39, 0.29) is 59.4 Å². The summed E-state index contributed by atoms with van der Waals surface area (Å²) in [4.78, 5) is 43.2. The number of amides is 1. The van der Waals surface area contributed by atoms with Crippen molar-refractivity contribution < 1.29 is 42.2 Å². The Kier molecular flexibility index (Phi) is 9.62. The van der Waals surface area contributed by atoms with Crippen molar-refractivity contribution in [3.63, 3.8) is 0 Å². The van der Waals surface area contributed by atoms with Gasteiger partial charge in [-0.15, -0.1) is 0 Å². The summed E-state index contributed by atoms with van der Waals surface area (Å²) in [7, 11) is -1.59. The normalized spacial score (nSPS) is 18.7. The summed E-state index contributed by atoms with van der Waals surface area (Å²) in [5.41, 5.74) is 1.65. The molecule has 1 fully saturated rings. The molecule has 5 rings (SSSR count). The maximum absolute atomic E-state index is 14.2. The third-order valence-electron chi connectivity index (χ3n) is 9.50. The van der Waals surface area contributed by atoms with Gasteiger partial charge in [0.25, 0.3) is 5.91 Å². The second kappa shape index (κ2) is 13.1. The largest absolute Gasteiger partial charge is 0.495 e. The predicted molar refractivity (Wildman–Crippen MR) is 170 cm³/mol. The van der Waals surface area contributed by atoms with Gasteiger partial charge in [-0.05, 0) is 79.3 Å². The van der Waals surface area contributed by atoms with Crippen LogP contribution in [0.4, 0.5) is 36.3 Å². The summed E-state index contributed by atoms with van der Waals surface area (Å²) in [5.74, 6) is -0.796. The second-order valence-electron chi connectivity index (χ2n) is 12.1. The zero-order valence-electron chi connectivity index (χ0n) is 26.6. The number of aliphatic hydroxyl groups is 1. The lowest BCUT2D eigenvalue weighted by Crippen LogP contribution is -2.24. The van der Waals surface area contributed by atoms with Gasteiger partial charge in [-0.2, -0.15) is 18.2 Å². The van der Waals surface area contributed by atoms with E-state index in [4.69, 9.17) is 4.74 Å². The van der Waals surface area contributed by atoms with E-state index in [1.165, 1.54) is 30.2 Å². The minimum absolute atomic E-state index is 0.129. The van der Waals surface area contributed by atoms with Crippen LogP contribution < -0.4 is 15.4 Å². The Morgan fingerprint density at radius 1 is 1.04 bits per heavy atom. The maximum Gasteiger partial charge on any atom is 0.421 e. The molecule has 1 aliphatic heterocycles. The smallest absolute Gasteiger partial charge is 0.421 e. The number of hydrogen-bond acceptors (Lipinski definition) is 8. The topological polar surface area (TPSA) is 157 Å². The first-order valence-corrected chi connectivity index (χ1v) is 17.1. The summed E-state index contributed by atoms with van der Waals surface area (Å²) in [6.07, 6.45) is -1.43. The summed E-state index contributed by atoms with van der Waals surface area (Å²) >= 11 is 0. The number of hydrogen-bond donors (Lipinski definition) is 5. The first kappa shape index (κ1) is 34.6. The van der Waals surface area contributed by atoms with Gasteiger partial charge in [0.05, 0.1) is 35.3 Å².